The van der Waals surface area contributed by atoms with Gasteiger partial charge in [0.2, 0.25) is 0 Å². The SMILES string of the molecule is C/C=C\c1cccc(-c2nc3c(nc2-n2c4ccccc4c4cc5c(cc42)=CCCC=5)C2=C(C=C=C=C2)C3(C)C)c1N. The Morgan fingerprint density at radius 3 is 2.48 bits per heavy atom. The number of anilines is 1. The molecule has 8 rings (SSSR count). The molecule has 3 aromatic carbocycles. The number of aromatic nitrogens is 3. The highest BCUT2D eigenvalue weighted by Gasteiger charge is 2.40. The van der Waals surface area contributed by atoms with Crippen LogP contribution in [0.15, 0.2) is 89.9 Å². The van der Waals surface area contributed by atoms with Crippen molar-refractivity contribution >= 4 is 51.3 Å². The number of allylic oxidation sites excluding steroid dienone is 5. The molecule has 0 fully saturated rings. The molecule has 0 unspecified atom stereocenters. The third-order valence-corrected chi connectivity index (χ3v) is 8.93. The van der Waals surface area contributed by atoms with Gasteiger partial charge in [0.25, 0.3) is 0 Å². The molecular weight excluding hydrogens is 512 g/mol. The molecule has 0 radical (unpaired) electrons. The molecule has 0 saturated heterocycles. The van der Waals surface area contributed by atoms with Gasteiger partial charge in [0.15, 0.2) is 5.82 Å². The second kappa shape index (κ2) is 8.93. The maximum atomic E-state index is 6.89. The van der Waals surface area contributed by atoms with Gasteiger partial charge in [-0.15, -0.1) is 0 Å². The van der Waals surface area contributed by atoms with Crippen LogP contribution in [0.3, 0.4) is 0 Å². The number of hydrogen-bond donors (Lipinski definition) is 1. The molecule has 3 aliphatic carbocycles. The Hall–Kier alpha value is -5.14. The van der Waals surface area contributed by atoms with Crippen LogP contribution < -0.4 is 16.2 Å². The molecule has 4 heteroatoms. The van der Waals surface area contributed by atoms with Crippen molar-refractivity contribution < 1.29 is 0 Å². The van der Waals surface area contributed by atoms with E-state index in [9.17, 15) is 0 Å². The zero-order valence-electron chi connectivity index (χ0n) is 24.0. The van der Waals surface area contributed by atoms with E-state index in [0.29, 0.717) is 5.69 Å². The monoisotopic (exact) mass is 542 g/mol. The first-order valence-electron chi connectivity index (χ1n) is 14.6. The standard InChI is InChI=1S/C38H30N4/c1-4-12-23-15-11-18-28(33(23)39)35-37(41-34-27-17-7-9-19-30(27)38(2,3)36(34)40-35)42-31-20-10-8-16-26(31)29-21-24-13-5-6-14-25(24)22-32(29)42/h4,8,10-22H,5-6,39H2,1-3H3/b12-4-. The fraction of sp³-hybridized carbons (Fsp3) is 0.158. The van der Waals surface area contributed by atoms with E-state index in [1.807, 2.05) is 37.3 Å². The maximum absolute atomic E-state index is 6.89. The molecule has 0 saturated carbocycles. The van der Waals surface area contributed by atoms with Gasteiger partial charge in [0.05, 0.1) is 22.4 Å². The molecule has 4 nitrogen and oxygen atoms in total. The predicted octanol–water partition coefficient (Wildman–Crippen LogP) is 7.14. The van der Waals surface area contributed by atoms with Gasteiger partial charge < -0.3 is 5.73 Å². The van der Waals surface area contributed by atoms with E-state index in [0.717, 1.165) is 69.0 Å². The molecule has 3 aliphatic rings. The van der Waals surface area contributed by atoms with E-state index in [2.05, 4.69) is 90.6 Å². The molecule has 42 heavy (non-hydrogen) atoms. The third kappa shape index (κ3) is 3.37. The minimum absolute atomic E-state index is 0.336. The Bertz CT molecular complexity index is 2310. The number of nitrogens with zero attached hydrogens (tertiary/aromatic N) is 3. The van der Waals surface area contributed by atoms with Crippen molar-refractivity contribution in [2.75, 3.05) is 5.73 Å². The lowest BCUT2D eigenvalue weighted by molar-refractivity contribution is 0.627. The zero-order chi connectivity index (χ0) is 28.6. The fourth-order valence-electron chi connectivity index (χ4n) is 6.83. The van der Waals surface area contributed by atoms with Crippen molar-refractivity contribution in [2.24, 2.45) is 0 Å². The summed E-state index contributed by atoms with van der Waals surface area (Å²) in [7, 11) is 0. The second-order valence-electron chi connectivity index (χ2n) is 11.8. The summed E-state index contributed by atoms with van der Waals surface area (Å²) in [4.78, 5) is 11.0. The van der Waals surface area contributed by atoms with Gasteiger partial charge in [-0.3, -0.25) is 4.57 Å². The summed E-state index contributed by atoms with van der Waals surface area (Å²) in [6.07, 6.45) is 14.9. The Morgan fingerprint density at radius 1 is 0.857 bits per heavy atom. The highest BCUT2D eigenvalue weighted by atomic mass is 15.1. The van der Waals surface area contributed by atoms with Crippen molar-refractivity contribution in [2.45, 2.75) is 39.0 Å². The predicted molar refractivity (Wildman–Crippen MR) is 174 cm³/mol. The van der Waals surface area contributed by atoms with Crippen molar-refractivity contribution in [3.8, 4) is 17.1 Å². The lowest BCUT2D eigenvalue weighted by Crippen LogP contribution is -2.26. The summed E-state index contributed by atoms with van der Waals surface area (Å²) in [5.74, 6) is 0.778. The Morgan fingerprint density at radius 2 is 1.64 bits per heavy atom. The molecule has 0 bridgehead atoms. The van der Waals surface area contributed by atoms with Crippen molar-refractivity contribution in [3.05, 3.63) is 117 Å². The number of rotatable bonds is 3. The summed E-state index contributed by atoms with van der Waals surface area (Å²) < 4.78 is 2.29. The molecular formula is C38H30N4. The molecule has 0 aliphatic heterocycles. The van der Waals surface area contributed by atoms with E-state index in [-0.39, 0.29) is 5.41 Å². The van der Waals surface area contributed by atoms with Crippen LogP contribution in [0.2, 0.25) is 0 Å². The lowest BCUT2D eigenvalue weighted by atomic mass is 9.83. The van der Waals surface area contributed by atoms with Gasteiger partial charge in [0, 0.05) is 33.0 Å². The summed E-state index contributed by atoms with van der Waals surface area (Å²) in [6, 6.07) is 19.4. The normalized spacial score (nSPS) is 16.2. The van der Waals surface area contributed by atoms with E-state index in [1.54, 1.807) is 0 Å². The first-order chi connectivity index (χ1) is 20.5. The van der Waals surface area contributed by atoms with Gasteiger partial charge in [-0.1, -0.05) is 86.0 Å². The number of nitrogen functional groups attached to an aromatic ring is 1. The Kier molecular flexibility index (Phi) is 5.24. The lowest BCUT2D eigenvalue weighted by Gasteiger charge is -2.23. The number of para-hydroxylation sites is 2. The topological polar surface area (TPSA) is 56.7 Å². The first-order valence-corrected chi connectivity index (χ1v) is 14.6. The largest absolute Gasteiger partial charge is 0.398 e. The van der Waals surface area contributed by atoms with Crippen LogP contribution in [-0.2, 0) is 5.41 Å². The van der Waals surface area contributed by atoms with Gasteiger partial charge in [-0.25, -0.2) is 9.97 Å². The van der Waals surface area contributed by atoms with Crippen LogP contribution in [0.4, 0.5) is 5.69 Å². The summed E-state index contributed by atoms with van der Waals surface area (Å²) >= 11 is 0. The van der Waals surface area contributed by atoms with Crippen molar-refractivity contribution in [1.29, 1.82) is 0 Å². The molecule has 0 atom stereocenters. The van der Waals surface area contributed by atoms with Crippen LogP contribution in [0.5, 0.6) is 0 Å². The van der Waals surface area contributed by atoms with Gasteiger partial charge in [0.1, 0.15) is 5.69 Å². The fourth-order valence-corrected chi connectivity index (χ4v) is 6.83. The van der Waals surface area contributed by atoms with Crippen LogP contribution >= 0.6 is 0 Å². The van der Waals surface area contributed by atoms with E-state index in [1.165, 1.54) is 21.2 Å². The van der Waals surface area contributed by atoms with Crippen molar-refractivity contribution in [1.82, 2.24) is 14.5 Å². The number of benzene rings is 3. The summed E-state index contributed by atoms with van der Waals surface area (Å²) in [5, 5.41) is 4.97. The van der Waals surface area contributed by atoms with Crippen LogP contribution in [-0.4, -0.2) is 14.5 Å². The smallest absolute Gasteiger partial charge is 0.165 e. The Labute approximate surface area is 244 Å². The van der Waals surface area contributed by atoms with E-state index in [4.69, 9.17) is 15.7 Å². The van der Waals surface area contributed by atoms with Crippen molar-refractivity contribution in [3.63, 3.8) is 0 Å². The third-order valence-electron chi connectivity index (χ3n) is 8.93. The Balaban J connectivity index is 1.54. The molecule has 2 aromatic heterocycles. The molecule has 0 amide bonds. The first kappa shape index (κ1) is 24.6. The summed E-state index contributed by atoms with van der Waals surface area (Å²) in [5.41, 5.74) is 22.5. The maximum Gasteiger partial charge on any atom is 0.165 e. The molecule has 202 valence electrons. The second-order valence-corrected chi connectivity index (χ2v) is 11.8. The zero-order valence-corrected chi connectivity index (χ0v) is 24.0. The quantitative estimate of drug-likeness (QED) is 0.195. The molecule has 2 N–H and O–H groups in total. The highest BCUT2D eigenvalue weighted by Crippen LogP contribution is 2.48. The van der Waals surface area contributed by atoms with Crippen LogP contribution in [0, 0.1) is 0 Å². The molecule has 2 heterocycles. The minimum Gasteiger partial charge on any atom is -0.398 e. The average molecular weight is 543 g/mol. The van der Waals surface area contributed by atoms with E-state index < -0.39 is 0 Å². The number of nitrogens with two attached hydrogens (primary N) is 1. The highest BCUT2D eigenvalue weighted by molar-refractivity contribution is 6.10. The van der Waals surface area contributed by atoms with Gasteiger partial charge in [-0.05, 0) is 71.7 Å². The summed E-state index contributed by atoms with van der Waals surface area (Å²) in [6.45, 7) is 6.43. The van der Waals surface area contributed by atoms with Crippen LogP contribution in [0.25, 0.3) is 62.7 Å². The minimum atomic E-state index is -0.336. The number of hydrogen-bond acceptors (Lipinski definition) is 3. The average Bonchev–Trinajstić information content (AvgIpc) is 3.44. The molecule has 0 spiro atoms. The molecule has 5 aromatic rings. The van der Waals surface area contributed by atoms with E-state index >= 15 is 0 Å². The van der Waals surface area contributed by atoms with Gasteiger partial charge >= 0.3 is 0 Å². The van der Waals surface area contributed by atoms with Crippen LogP contribution in [0.1, 0.15) is 50.6 Å². The number of fused-ring (bicyclic) bond motifs is 6. The van der Waals surface area contributed by atoms with Gasteiger partial charge in [-0.2, -0.15) is 0 Å².